The molecule has 0 aliphatic carbocycles. The molecular formula is C20H23Cl2NO3S. The van der Waals surface area contributed by atoms with E-state index in [2.05, 4.69) is 5.32 Å². The number of hydrogen-bond donors (Lipinski definition) is 1. The number of nitrogens with one attached hydrogen (secondary N) is 1. The summed E-state index contributed by atoms with van der Waals surface area (Å²) in [5.41, 5.74) is 0.938. The molecule has 0 bridgehead atoms. The van der Waals surface area contributed by atoms with Crippen molar-refractivity contribution >= 4 is 40.9 Å². The van der Waals surface area contributed by atoms with E-state index in [-0.39, 0.29) is 5.91 Å². The van der Waals surface area contributed by atoms with E-state index in [1.807, 2.05) is 42.5 Å². The van der Waals surface area contributed by atoms with Gasteiger partial charge in [0.2, 0.25) is 5.91 Å². The highest BCUT2D eigenvalue weighted by atomic mass is 35.5. The molecule has 0 aliphatic rings. The molecule has 0 saturated heterocycles. The van der Waals surface area contributed by atoms with Crippen LogP contribution in [0.15, 0.2) is 42.5 Å². The molecule has 0 atom stereocenters. The second-order valence-corrected chi connectivity index (χ2v) is 7.65. The lowest BCUT2D eigenvalue weighted by atomic mass is 10.2. The van der Waals surface area contributed by atoms with Crippen molar-refractivity contribution in [3.05, 3.63) is 58.1 Å². The van der Waals surface area contributed by atoms with Crippen molar-refractivity contribution in [2.24, 2.45) is 0 Å². The Kier molecular flexibility index (Phi) is 9.67. The van der Waals surface area contributed by atoms with E-state index >= 15 is 0 Å². The zero-order valence-electron chi connectivity index (χ0n) is 15.2. The van der Waals surface area contributed by atoms with Crippen LogP contribution in [0.4, 0.5) is 0 Å². The Morgan fingerprint density at radius 2 is 1.74 bits per heavy atom. The molecule has 7 heteroatoms. The third-order valence-electron chi connectivity index (χ3n) is 3.75. The van der Waals surface area contributed by atoms with Crippen LogP contribution in [-0.4, -0.2) is 31.9 Å². The fourth-order valence-corrected chi connectivity index (χ4v) is 3.89. The van der Waals surface area contributed by atoms with Gasteiger partial charge in [-0.1, -0.05) is 29.3 Å². The highest BCUT2D eigenvalue weighted by molar-refractivity contribution is 7.98. The van der Waals surface area contributed by atoms with E-state index in [4.69, 9.17) is 32.7 Å². The normalized spacial score (nSPS) is 10.5. The lowest BCUT2D eigenvalue weighted by molar-refractivity contribution is -0.121. The van der Waals surface area contributed by atoms with E-state index in [0.29, 0.717) is 36.0 Å². The van der Waals surface area contributed by atoms with Gasteiger partial charge in [0.15, 0.2) is 0 Å². The summed E-state index contributed by atoms with van der Waals surface area (Å²) in [5.74, 6) is 3.12. The van der Waals surface area contributed by atoms with Crippen molar-refractivity contribution in [1.29, 1.82) is 0 Å². The van der Waals surface area contributed by atoms with E-state index < -0.39 is 0 Å². The van der Waals surface area contributed by atoms with Crippen LogP contribution in [0.25, 0.3) is 0 Å². The molecule has 2 rings (SSSR count). The van der Waals surface area contributed by atoms with Crippen molar-refractivity contribution in [1.82, 2.24) is 5.32 Å². The van der Waals surface area contributed by atoms with Crippen molar-refractivity contribution in [3.63, 3.8) is 0 Å². The number of amides is 1. The minimum Gasteiger partial charge on any atom is -0.497 e. The van der Waals surface area contributed by atoms with Gasteiger partial charge in [0.25, 0.3) is 0 Å². The van der Waals surface area contributed by atoms with Crippen LogP contribution in [0.5, 0.6) is 11.5 Å². The number of carbonyl (C=O) groups is 1. The Labute approximate surface area is 174 Å². The number of thioether (sulfide) groups is 1. The molecule has 1 N–H and O–H groups in total. The Morgan fingerprint density at radius 1 is 1.07 bits per heavy atom. The molecule has 0 fully saturated rings. The Morgan fingerprint density at radius 3 is 2.41 bits per heavy atom. The number of rotatable bonds is 11. The molecule has 4 nitrogen and oxygen atoms in total. The smallest absolute Gasteiger partial charge is 0.220 e. The molecule has 0 unspecified atom stereocenters. The minimum atomic E-state index is 0.0321. The SMILES string of the molecule is COc1ccc(OCCCC(=O)NCCSCc2c(Cl)cccc2Cl)cc1. The van der Waals surface area contributed by atoms with Crippen LogP contribution in [0, 0.1) is 0 Å². The zero-order chi connectivity index (χ0) is 19.5. The number of carbonyl (C=O) groups excluding carboxylic acids is 1. The first-order valence-corrected chi connectivity index (χ1v) is 10.6. The fourth-order valence-electron chi connectivity index (χ4n) is 2.29. The standard InChI is InChI=1S/C20H23Cl2NO3S/c1-25-15-7-9-16(10-8-15)26-12-3-6-20(24)23-11-13-27-14-17-18(21)4-2-5-19(17)22/h2,4-5,7-10H,3,6,11-14H2,1H3,(H,23,24). The highest BCUT2D eigenvalue weighted by Crippen LogP contribution is 2.27. The van der Waals surface area contributed by atoms with Crippen molar-refractivity contribution < 1.29 is 14.3 Å². The van der Waals surface area contributed by atoms with Crippen molar-refractivity contribution in [3.8, 4) is 11.5 Å². The first-order valence-electron chi connectivity index (χ1n) is 8.64. The average Bonchev–Trinajstić information content (AvgIpc) is 2.67. The summed E-state index contributed by atoms with van der Waals surface area (Å²) in [6.45, 7) is 1.12. The van der Waals surface area contributed by atoms with Crippen LogP contribution in [-0.2, 0) is 10.5 Å². The van der Waals surface area contributed by atoms with Gasteiger partial charge in [-0.25, -0.2) is 0 Å². The average molecular weight is 428 g/mol. The quantitative estimate of drug-likeness (QED) is 0.499. The zero-order valence-corrected chi connectivity index (χ0v) is 17.5. The van der Waals surface area contributed by atoms with Gasteiger partial charge >= 0.3 is 0 Å². The first kappa shape index (κ1) is 21.7. The monoisotopic (exact) mass is 427 g/mol. The predicted octanol–water partition coefficient (Wildman–Crippen LogP) is 5.21. The molecule has 0 radical (unpaired) electrons. The van der Waals surface area contributed by atoms with Gasteiger partial charge in [-0.15, -0.1) is 0 Å². The van der Waals surface area contributed by atoms with Gasteiger partial charge in [-0.3, -0.25) is 4.79 Å². The second-order valence-electron chi connectivity index (χ2n) is 5.73. The lowest BCUT2D eigenvalue weighted by Crippen LogP contribution is -2.25. The maximum atomic E-state index is 11.8. The van der Waals surface area contributed by atoms with Gasteiger partial charge in [0.1, 0.15) is 11.5 Å². The molecule has 0 aliphatic heterocycles. The van der Waals surface area contributed by atoms with E-state index in [9.17, 15) is 4.79 Å². The van der Waals surface area contributed by atoms with Crippen LogP contribution in [0.2, 0.25) is 10.0 Å². The Balaban J connectivity index is 1.53. The Bertz CT molecular complexity index is 705. The molecule has 2 aromatic carbocycles. The van der Waals surface area contributed by atoms with Gasteiger partial charge in [0.05, 0.1) is 13.7 Å². The van der Waals surface area contributed by atoms with Gasteiger partial charge in [-0.2, -0.15) is 11.8 Å². The largest absolute Gasteiger partial charge is 0.497 e. The highest BCUT2D eigenvalue weighted by Gasteiger charge is 2.06. The van der Waals surface area contributed by atoms with Gasteiger partial charge < -0.3 is 14.8 Å². The summed E-state index contributed by atoms with van der Waals surface area (Å²) in [4.78, 5) is 11.8. The predicted molar refractivity (Wildman–Crippen MR) is 113 cm³/mol. The van der Waals surface area contributed by atoms with E-state index in [0.717, 1.165) is 28.6 Å². The third-order valence-corrected chi connectivity index (χ3v) is 5.45. The molecule has 146 valence electrons. The van der Waals surface area contributed by atoms with Gasteiger partial charge in [-0.05, 0) is 48.4 Å². The summed E-state index contributed by atoms with van der Waals surface area (Å²) >= 11 is 14.0. The molecule has 27 heavy (non-hydrogen) atoms. The number of halogens is 2. The molecule has 0 saturated carbocycles. The maximum absolute atomic E-state index is 11.8. The van der Waals surface area contributed by atoms with Crippen LogP contribution < -0.4 is 14.8 Å². The molecule has 0 heterocycles. The van der Waals surface area contributed by atoms with Crippen molar-refractivity contribution in [2.75, 3.05) is 26.0 Å². The summed E-state index contributed by atoms with van der Waals surface area (Å²) < 4.78 is 10.7. The number of methoxy groups -OCH3 is 1. The minimum absolute atomic E-state index is 0.0321. The fraction of sp³-hybridized carbons (Fsp3) is 0.350. The van der Waals surface area contributed by atoms with Crippen LogP contribution >= 0.6 is 35.0 Å². The lowest BCUT2D eigenvalue weighted by Gasteiger charge is -2.09. The number of hydrogen-bond acceptors (Lipinski definition) is 4. The molecule has 2 aromatic rings. The summed E-state index contributed by atoms with van der Waals surface area (Å²) in [7, 11) is 1.62. The maximum Gasteiger partial charge on any atom is 0.220 e. The Hall–Kier alpha value is -1.56. The van der Waals surface area contributed by atoms with Crippen molar-refractivity contribution in [2.45, 2.75) is 18.6 Å². The summed E-state index contributed by atoms with van der Waals surface area (Å²) in [5, 5.41) is 4.27. The molecule has 0 spiro atoms. The van der Waals surface area contributed by atoms with Crippen LogP contribution in [0.1, 0.15) is 18.4 Å². The molecular weight excluding hydrogens is 405 g/mol. The third kappa shape index (κ3) is 7.91. The van der Waals surface area contributed by atoms with Gasteiger partial charge in [0, 0.05) is 34.5 Å². The second kappa shape index (κ2) is 12.0. The number of benzene rings is 2. The van der Waals surface area contributed by atoms with E-state index in [1.165, 1.54) is 0 Å². The van der Waals surface area contributed by atoms with Crippen LogP contribution in [0.3, 0.4) is 0 Å². The number of ether oxygens (including phenoxy) is 2. The summed E-state index contributed by atoms with van der Waals surface area (Å²) in [6, 6.07) is 12.9. The topological polar surface area (TPSA) is 47.6 Å². The molecule has 1 amide bonds. The molecule has 0 aromatic heterocycles. The summed E-state index contributed by atoms with van der Waals surface area (Å²) in [6.07, 6.45) is 1.11. The van der Waals surface area contributed by atoms with E-state index in [1.54, 1.807) is 18.9 Å². The first-order chi connectivity index (χ1) is 13.1.